The SMILES string of the molecule is O=C(Cc1ccccc1)N/C=C/c1ccccc1. The van der Waals surface area contributed by atoms with E-state index in [2.05, 4.69) is 5.32 Å². The highest BCUT2D eigenvalue weighted by Gasteiger charge is 1.99. The summed E-state index contributed by atoms with van der Waals surface area (Å²) < 4.78 is 0. The quantitative estimate of drug-likeness (QED) is 0.870. The van der Waals surface area contributed by atoms with E-state index in [0.29, 0.717) is 6.42 Å². The minimum atomic E-state index is -0.00613. The molecule has 0 aliphatic heterocycles. The third-order valence-corrected chi connectivity index (χ3v) is 2.53. The molecule has 0 fully saturated rings. The van der Waals surface area contributed by atoms with Gasteiger partial charge in [0, 0.05) is 6.20 Å². The molecule has 0 heterocycles. The normalized spacial score (nSPS) is 10.4. The van der Waals surface area contributed by atoms with E-state index in [0.717, 1.165) is 11.1 Å². The Kier molecular flexibility index (Phi) is 4.31. The Hall–Kier alpha value is -2.35. The average molecular weight is 237 g/mol. The summed E-state index contributed by atoms with van der Waals surface area (Å²) in [6.07, 6.45) is 3.96. The van der Waals surface area contributed by atoms with Gasteiger partial charge in [-0.15, -0.1) is 0 Å². The maximum absolute atomic E-state index is 11.6. The van der Waals surface area contributed by atoms with Crippen molar-refractivity contribution < 1.29 is 4.79 Å². The first kappa shape index (κ1) is 12.1. The molecule has 0 unspecified atom stereocenters. The maximum atomic E-state index is 11.6. The highest BCUT2D eigenvalue weighted by molar-refractivity contribution is 5.80. The third kappa shape index (κ3) is 3.91. The van der Waals surface area contributed by atoms with Gasteiger partial charge >= 0.3 is 0 Å². The number of carbonyl (C=O) groups is 1. The highest BCUT2D eigenvalue weighted by atomic mass is 16.1. The molecular weight excluding hydrogens is 222 g/mol. The number of amides is 1. The number of hydrogen-bond acceptors (Lipinski definition) is 1. The topological polar surface area (TPSA) is 29.1 Å². The molecule has 0 saturated heterocycles. The molecule has 0 atom stereocenters. The highest BCUT2D eigenvalue weighted by Crippen LogP contribution is 2.01. The second-order valence-corrected chi connectivity index (χ2v) is 3.97. The molecule has 0 saturated carbocycles. The van der Waals surface area contributed by atoms with Crippen LogP contribution in [0.5, 0.6) is 0 Å². The first-order valence-electron chi connectivity index (χ1n) is 5.89. The number of rotatable bonds is 4. The van der Waals surface area contributed by atoms with Gasteiger partial charge in [-0.1, -0.05) is 60.7 Å². The van der Waals surface area contributed by atoms with Gasteiger partial charge in [0.1, 0.15) is 0 Å². The van der Waals surface area contributed by atoms with Crippen LogP contribution in [0.1, 0.15) is 11.1 Å². The van der Waals surface area contributed by atoms with E-state index in [1.54, 1.807) is 6.20 Å². The van der Waals surface area contributed by atoms with Crippen molar-refractivity contribution in [2.75, 3.05) is 0 Å². The van der Waals surface area contributed by atoms with Crippen LogP contribution in [0, 0.1) is 0 Å². The van der Waals surface area contributed by atoms with Crippen molar-refractivity contribution in [2.24, 2.45) is 0 Å². The Labute approximate surface area is 107 Å². The molecule has 1 amide bonds. The van der Waals surface area contributed by atoms with Crippen LogP contribution in [0.25, 0.3) is 6.08 Å². The second kappa shape index (κ2) is 6.40. The molecule has 2 aromatic carbocycles. The van der Waals surface area contributed by atoms with Crippen LogP contribution in [-0.4, -0.2) is 5.91 Å². The van der Waals surface area contributed by atoms with Crippen molar-refractivity contribution in [2.45, 2.75) is 6.42 Å². The van der Waals surface area contributed by atoms with E-state index in [1.807, 2.05) is 66.7 Å². The number of hydrogen-bond donors (Lipinski definition) is 1. The Morgan fingerprint density at radius 3 is 2.22 bits per heavy atom. The fraction of sp³-hybridized carbons (Fsp3) is 0.0625. The minimum absolute atomic E-state index is 0.00613. The summed E-state index contributed by atoms with van der Waals surface area (Å²) in [4.78, 5) is 11.6. The molecule has 2 aromatic rings. The van der Waals surface area contributed by atoms with Crippen molar-refractivity contribution in [3.05, 3.63) is 78.0 Å². The summed E-state index contributed by atoms with van der Waals surface area (Å²) in [5, 5.41) is 2.76. The summed E-state index contributed by atoms with van der Waals surface area (Å²) >= 11 is 0. The van der Waals surface area contributed by atoms with Gasteiger partial charge in [0.25, 0.3) is 0 Å². The lowest BCUT2D eigenvalue weighted by Crippen LogP contribution is -2.18. The minimum Gasteiger partial charge on any atom is -0.332 e. The van der Waals surface area contributed by atoms with E-state index >= 15 is 0 Å². The lowest BCUT2D eigenvalue weighted by atomic mass is 10.1. The number of benzene rings is 2. The summed E-state index contributed by atoms with van der Waals surface area (Å²) in [6.45, 7) is 0. The van der Waals surface area contributed by atoms with E-state index < -0.39 is 0 Å². The molecule has 2 nitrogen and oxygen atoms in total. The fourth-order valence-electron chi connectivity index (χ4n) is 1.63. The van der Waals surface area contributed by atoms with Crippen LogP contribution in [0.3, 0.4) is 0 Å². The van der Waals surface area contributed by atoms with Crippen LogP contribution < -0.4 is 5.32 Å². The van der Waals surface area contributed by atoms with Gasteiger partial charge < -0.3 is 5.32 Å². The van der Waals surface area contributed by atoms with Crippen LogP contribution in [0.15, 0.2) is 66.9 Å². The third-order valence-electron chi connectivity index (χ3n) is 2.53. The number of nitrogens with one attached hydrogen (secondary N) is 1. The molecule has 90 valence electrons. The van der Waals surface area contributed by atoms with Gasteiger partial charge in [0.05, 0.1) is 6.42 Å². The molecule has 0 aliphatic carbocycles. The van der Waals surface area contributed by atoms with E-state index in [9.17, 15) is 4.79 Å². The zero-order valence-electron chi connectivity index (χ0n) is 10.0. The van der Waals surface area contributed by atoms with Gasteiger partial charge in [0.2, 0.25) is 5.91 Å². The molecule has 0 bridgehead atoms. The van der Waals surface area contributed by atoms with Crippen LogP contribution >= 0.6 is 0 Å². The second-order valence-electron chi connectivity index (χ2n) is 3.97. The molecule has 18 heavy (non-hydrogen) atoms. The first-order chi connectivity index (χ1) is 8.84. The maximum Gasteiger partial charge on any atom is 0.228 e. The Bertz CT molecular complexity index is 517. The summed E-state index contributed by atoms with van der Waals surface area (Å²) in [5.74, 6) is -0.00613. The summed E-state index contributed by atoms with van der Waals surface area (Å²) in [7, 11) is 0. The molecule has 0 aromatic heterocycles. The first-order valence-corrected chi connectivity index (χ1v) is 5.89. The number of carbonyl (C=O) groups excluding carboxylic acids is 1. The van der Waals surface area contributed by atoms with Crippen LogP contribution in [0.4, 0.5) is 0 Å². The van der Waals surface area contributed by atoms with Crippen molar-refractivity contribution >= 4 is 12.0 Å². The zero-order chi connectivity index (χ0) is 12.6. The molecule has 0 radical (unpaired) electrons. The lowest BCUT2D eigenvalue weighted by molar-refractivity contribution is -0.119. The Morgan fingerprint density at radius 2 is 1.56 bits per heavy atom. The van der Waals surface area contributed by atoms with Gasteiger partial charge in [-0.05, 0) is 17.2 Å². The smallest absolute Gasteiger partial charge is 0.228 e. The fourth-order valence-corrected chi connectivity index (χ4v) is 1.63. The summed E-state index contributed by atoms with van der Waals surface area (Å²) in [5.41, 5.74) is 2.08. The summed E-state index contributed by atoms with van der Waals surface area (Å²) in [6, 6.07) is 19.6. The van der Waals surface area contributed by atoms with Crippen molar-refractivity contribution in [3.8, 4) is 0 Å². The monoisotopic (exact) mass is 237 g/mol. The van der Waals surface area contributed by atoms with Crippen molar-refractivity contribution in [3.63, 3.8) is 0 Å². The van der Waals surface area contributed by atoms with E-state index in [4.69, 9.17) is 0 Å². The van der Waals surface area contributed by atoms with Gasteiger partial charge in [-0.2, -0.15) is 0 Å². The molecule has 1 N–H and O–H groups in total. The van der Waals surface area contributed by atoms with Gasteiger partial charge in [0.15, 0.2) is 0 Å². The van der Waals surface area contributed by atoms with Gasteiger partial charge in [-0.3, -0.25) is 4.79 Å². The van der Waals surface area contributed by atoms with Crippen molar-refractivity contribution in [1.29, 1.82) is 0 Å². The lowest BCUT2D eigenvalue weighted by Gasteiger charge is -2.00. The molecule has 0 spiro atoms. The Morgan fingerprint density at radius 1 is 0.944 bits per heavy atom. The molecular formula is C16H15NO. The molecule has 0 aliphatic rings. The van der Waals surface area contributed by atoms with Gasteiger partial charge in [-0.25, -0.2) is 0 Å². The van der Waals surface area contributed by atoms with Crippen LogP contribution in [0.2, 0.25) is 0 Å². The Balaban J connectivity index is 1.84. The predicted molar refractivity (Wildman–Crippen MR) is 73.8 cm³/mol. The zero-order valence-corrected chi connectivity index (χ0v) is 10.0. The van der Waals surface area contributed by atoms with Crippen molar-refractivity contribution in [1.82, 2.24) is 5.32 Å². The molecule has 2 heteroatoms. The van der Waals surface area contributed by atoms with Crippen LogP contribution in [-0.2, 0) is 11.2 Å². The van der Waals surface area contributed by atoms with E-state index in [1.165, 1.54) is 0 Å². The molecule has 2 rings (SSSR count). The predicted octanol–water partition coefficient (Wildman–Crippen LogP) is 3.02. The standard InChI is InChI=1S/C16H15NO/c18-16(13-15-9-5-2-6-10-15)17-12-11-14-7-3-1-4-8-14/h1-12H,13H2,(H,17,18)/b12-11+. The average Bonchev–Trinajstić information content (AvgIpc) is 2.41. The van der Waals surface area contributed by atoms with E-state index in [-0.39, 0.29) is 5.91 Å². The largest absolute Gasteiger partial charge is 0.332 e.